The summed E-state index contributed by atoms with van der Waals surface area (Å²) < 4.78 is 1.08. The smallest absolute Gasteiger partial charge is 0.209 e. The number of unbranched alkanes of at least 4 members (excludes halogenated alkanes) is 6. The number of benzene rings is 4. The number of likely N-dealkylation sites (tertiary alicyclic amines) is 1. The number of amides is 1. The van der Waals surface area contributed by atoms with Crippen molar-refractivity contribution in [3.63, 3.8) is 0 Å². The highest BCUT2D eigenvalue weighted by atomic mass is 79.9. The van der Waals surface area contributed by atoms with E-state index in [0.717, 1.165) is 58.9 Å². The van der Waals surface area contributed by atoms with Gasteiger partial charge in [0.15, 0.2) is 0 Å². The molecule has 1 aliphatic heterocycles. The van der Waals surface area contributed by atoms with Crippen LogP contribution in [0.5, 0.6) is 0 Å². The Morgan fingerprint density at radius 3 is 1.27 bits per heavy atom. The summed E-state index contributed by atoms with van der Waals surface area (Å²) in [5.74, 6) is 12.7. The van der Waals surface area contributed by atoms with E-state index in [1.807, 2.05) is 41.3 Å². The van der Waals surface area contributed by atoms with E-state index in [4.69, 9.17) is 0 Å². The van der Waals surface area contributed by atoms with Gasteiger partial charge in [-0.25, -0.2) is 0 Å². The Balaban J connectivity index is 0.000000227. The molecule has 4 heteroatoms. The molecule has 1 fully saturated rings. The third-order valence-corrected chi connectivity index (χ3v) is 9.21. The van der Waals surface area contributed by atoms with Crippen LogP contribution in [0.25, 0.3) is 0 Å². The van der Waals surface area contributed by atoms with Crippen LogP contribution >= 0.6 is 15.9 Å². The number of piperidine rings is 1. The summed E-state index contributed by atoms with van der Waals surface area (Å²) in [6.07, 6.45) is 18.3. The Morgan fingerprint density at radius 1 is 0.529 bits per heavy atom. The van der Waals surface area contributed by atoms with E-state index in [0.29, 0.717) is 5.56 Å². The molecule has 0 atom stereocenters. The van der Waals surface area contributed by atoms with Crippen molar-refractivity contribution in [2.24, 2.45) is 0 Å². The zero-order valence-corrected chi connectivity index (χ0v) is 32.2. The Bertz CT molecular complexity index is 1660. The number of hydrogen-bond donors (Lipinski definition) is 0. The van der Waals surface area contributed by atoms with Crippen molar-refractivity contribution >= 4 is 28.6 Å². The van der Waals surface area contributed by atoms with Crippen LogP contribution in [0.15, 0.2) is 102 Å². The van der Waals surface area contributed by atoms with Crippen molar-refractivity contribution in [2.75, 3.05) is 13.1 Å². The zero-order chi connectivity index (χ0) is 36.4. The number of halogens is 1. The molecule has 0 unspecified atom stereocenters. The molecule has 1 amide bonds. The normalized spacial score (nSPS) is 11.6. The average Bonchev–Trinajstić information content (AvgIpc) is 3.19. The number of hydrogen-bond acceptors (Lipinski definition) is 2. The molecule has 1 saturated heterocycles. The van der Waals surface area contributed by atoms with Crippen molar-refractivity contribution in [1.29, 1.82) is 0 Å². The monoisotopic (exact) mass is 743 g/mol. The van der Waals surface area contributed by atoms with Crippen molar-refractivity contribution < 1.29 is 9.59 Å². The molecule has 0 aromatic heterocycles. The first-order chi connectivity index (χ1) is 25.0. The highest BCUT2D eigenvalue weighted by molar-refractivity contribution is 9.10. The molecule has 0 spiro atoms. The van der Waals surface area contributed by atoms with Gasteiger partial charge in [0.1, 0.15) is 6.29 Å². The average molecular weight is 745 g/mol. The fourth-order valence-corrected chi connectivity index (χ4v) is 5.78. The summed E-state index contributed by atoms with van der Waals surface area (Å²) in [5, 5.41) is 0. The van der Waals surface area contributed by atoms with E-state index >= 15 is 0 Å². The van der Waals surface area contributed by atoms with Gasteiger partial charge in [0, 0.05) is 45.4 Å². The first kappa shape index (κ1) is 41.0. The lowest BCUT2D eigenvalue weighted by Crippen LogP contribution is -2.27. The van der Waals surface area contributed by atoms with Crippen molar-refractivity contribution in [3.05, 3.63) is 140 Å². The van der Waals surface area contributed by atoms with Crippen molar-refractivity contribution in [2.45, 2.75) is 97.3 Å². The number of aldehydes is 1. The highest BCUT2D eigenvalue weighted by Gasteiger charge is 2.05. The summed E-state index contributed by atoms with van der Waals surface area (Å²) in [6, 6.07) is 32.6. The second-order valence-electron chi connectivity index (χ2n) is 13.0. The molecule has 0 saturated carbocycles. The molecule has 4 aromatic carbocycles. The number of nitrogens with zero attached hydrogens (tertiary/aromatic N) is 1. The van der Waals surface area contributed by atoms with Gasteiger partial charge in [0.2, 0.25) is 6.41 Å². The third-order valence-electron chi connectivity index (χ3n) is 8.68. The van der Waals surface area contributed by atoms with Crippen LogP contribution in [0, 0.1) is 23.7 Å². The first-order valence-electron chi connectivity index (χ1n) is 18.7. The van der Waals surface area contributed by atoms with Gasteiger partial charge >= 0.3 is 0 Å². The molecular formula is C47H54BrNO2. The summed E-state index contributed by atoms with van der Waals surface area (Å²) in [7, 11) is 0. The van der Waals surface area contributed by atoms with E-state index in [-0.39, 0.29) is 0 Å². The fourth-order valence-electron chi connectivity index (χ4n) is 5.51. The van der Waals surface area contributed by atoms with Gasteiger partial charge in [-0.05, 0) is 117 Å². The Kier molecular flexibility index (Phi) is 20.6. The Labute approximate surface area is 316 Å². The number of rotatable bonds is 12. The number of carbonyl (C=O) groups is 2. The lowest BCUT2D eigenvalue weighted by molar-refractivity contribution is -0.118. The largest absolute Gasteiger partial charge is 0.345 e. The van der Waals surface area contributed by atoms with Crippen LogP contribution in [-0.2, 0) is 17.6 Å². The minimum absolute atomic E-state index is 0.679. The fraction of sp³-hybridized carbons (Fsp3) is 0.362. The van der Waals surface area contributed by atoms with Crippen molar-refractivity contribution in [3.8, 4) is 23.7 Å². The van der Waals surface area contributed by atoms with Crippen molar-refractivity contribution in [1.82, 2.24) is 4.90 Å². The molecule has 5 rings (SSSR count). The molecule has 0 N–H and O–H groups in total. The minimum atomic E-state index is 0.679. The summed E-state index contributed by atoms with van der Waals surface area (Å²) in [4.78, 5) is 22.5. The molecule has 1 heterocycles. The molecule has 3 nitrogen and oxygen atoms in total. The van der Waals surface area contributed by atoms with E-state index in [1.165, 1.54) is 88.2 Å². The van der Waals surface area contributed by atoms with Gasteiger partial charge in [-0.1, -0.05) is 128 Å². The van der Waals surface area contributed by atoms with Gasteiger partial charge in [0.05, 0.1) is 0 Å². The van der Waals surface area contributed by atoms with Crippen LogP contribution < -0.4 is 0 Å². The molecule has 266 valence electrons. The highest BCUT2D eigenvalue weighted by Crippen LogP contribution is 2.12. The van der Waals surface area contributed by atoms with E-state index in [2.05, 4.69) is 102 Å². The second-order valence-corrected chi connectivity index (χ2v) is 13.9. The molecule has 4 aromatic rings. The van der Waals surface area contributed by atoms with Crippen LogP contribution in [-0.4, -0.2) is 30.7 Å². The molecule has 0 bridgehead atoms. The number of aryl methyl sites for hydroxylation is 2. The van der Waals surface area contributed by atoms with Gasteiger partial charge in [-0.2, -0.15) is 0 Å². The third kappa shape index (κ3) is 17.9. The summed E-state index contributed by atoms with van der Waals surface area (Å²) >= 11 is 3.43. The quantitative estimate of drug-likeness (QED) is 0.0823. The maximum Gasteiger partial charge on any atom is 0.209 e. The standard InChI is InChI=1S/C21H22O.C20H21Br.C6H11NO/c1-2-3-4-5-6-18-7-9-19(10-8-18)11-12-20-13-15-21(17-22)16-14-20;1-2-3-4-5-6-17-7-9-18(10-8-17)11-12-19-13-15-20(21)16-14-19;8-6-7-4-2-1-3-5-7/h7-10,13-17H,2-6H2,1H3;7-10,13-16H,2-6H2,1H3;6H,1-5H2. The lowest BCUT2D eigenvalue weighted by Gasteiger charge is -2.21. The van der Waals surface area contributed by atoms with Gasteiger partial charge in [-0.3, -0.25) is 9.59 Å². The minimum Gasteiger partial charge on any atom is -0.345 e. The Morgan fingerprint density at radius 2 is 0.922 bits per heavy atom. The van der Waals surface area contributed by atoms with E-state index in [1.54, 1.807) is 12.1 Å². The molecule has 51 heavy (non-hydrogen) atoms. The molecular weight excluding hydrogens is 690 g/mol. The van der Waals surface area contributed by atoms with Gasteiger partial charge in [0.25, 0.3) is 0 Å². The van der Waals surface area contributed by atoms with Gasteiger partial charge < -0.3 is 4.90 Å². The van der Waals surface area contributed by atoms with Crippen LogP contribution in [0.4, 0.5) is 0 Å². The summed E-state index contributed by atoms with van der Waals surface area (Å²) in [5.41, 5.74) is 7.55. The predicted octanol–water partition coefficient (Wildman–Crippen LogP) is 11.6. The molecule has 0 aliphatic carbocycles. The zero-order valence-electron chi connectivity index (χ0n) is 30.6. The van der Waals surface area contributed by atoms with Crippen LogP contribution in [0.1, 0.15) is 128 Å². The van der Waals surface area contributed by atoms with E-state index in [9.17, 15) is 9.59 Å². The van der Waals surface area contributed by atoms with Gasteiger partial charge in [-0.15, -0.1) is 0 Å². The second kappa shape index (κ2) is 25.6. The topological polar surface area (TPSA) is 37.4 Å². The Hall–Kier alpha value is -4.38. The van der Waals surface area contributed by atoms with Crippen LogP contribution in [0.3, 0.4) is 0 Å². The predicted molar refractivity (Wildman–Crippen MR) is 218 cm³/mol. The summed E-state index contributed by atoms with van der Waals surface area (Å²) in [6.45, 7) is 6.44. The lowest BCUT2D eigenvalue weighted by atomic mass is 10.0. The molecule has 1 aliphatic rings. The van der Waals surface area contributed by atoms with Crippen LogP contribution in [0.2, 0.25) is 0 Å². The number of carbonyl (C=O) groups excluding carboxylic acids is 2. The maximum atomic E-state index is 10.6. The molecule has 0 radical (unpaired) electrons. The SMILES string of the molecule is CCCCCCc1ccc(C#Cc2ccc(Br)cc2)cc1.CCCCCCc1ccc(C#Cc2ccc(C=O)cc2)cc1.O=CN1CCCCC1. The first-order valence-corrected chi connectivity index (χ1v) is 19.5. The maximum absolute atomic E-state index is 10.6. The van der Waals surface area contributed by atoms with E-state index < -0.39 is 0 Å².